The summed E-state index contributed by atoms with van der Waals surface area (Å²) in [7, 11) is 0. The van der Waals surface area contributed by atoms with Gasteiger partial charge in [-0.1, -0.05) is 27.7 Å². The van der Waals surface area contributed by atoms with E-state index in [1.165, 1.54) is 0 Å². The lowest BCUT2D eigenvalue weighted by Gasteiger charge is -2.07. The van der Waals surface area contributed by atoms with E-state index in [0.717, 1.165) is 17.7 Å². The first-order chi connectivity index (χ1) is 8.84. The molecule has 0 bridgehead atoms. The highest BCUT2D eigenvalue weighted by Gasteiger charge is 2.64. The molecule has 5 nitrogen and oxygen atoms in total. The summed E-state index contributed by atoms with van der Waals surface area (Å²) in [5.41, 5.74) is 1.37. The molecule has 0 radical (unpaired) electrons. The maximum atomic E-state index is 5.91. The number of hydrogen-bond donors (Lipinski definition) is 2. The minimum atomic E-state index is 0.230. The Morgan fingerprint density at radius 1 is 1.26 bits per heavy atom. The number of H-pyrrole nitrogens is 1. The van der Waals surface area contributed by atoms with Crippen LogP contribution < -0.4 is 5.32 Å². The Bertz CT molecular complexity index is 617. The van der Waals surface area contributed by atoms with E-state index in [2.05, 4.69) is 53.2 Å². The molecule has 2 aromatic rings. The van der Waals surface area contributed by atoms with Crippen LogP contribution in [-0.4, -0.2) is 26.7 Å². The van der Waals surface area contributed by atoms with Gasteiger partial charge < -0.3 is 5.32 Å². The van der Waals surface area contributed by atoms with Crippen molar-refractivity contribution >= 4 is 28.5 Å². The monoisotopic (exact) mass is 279 g/mol. The quantitative estimate of drug-likeness (QED) is 0.847. The standard InChI is InChI=1S/C13H18ClN5/c1-12(2)8(13(12,3)4)6-15-9-7-5-16-19-10(7)18-11(14)17-9/h5,8H,6H2,1-4H3,(H2,15,16,17,18,19). The first-order valence-electron chi connectivity index (χ1n) is 6.44. The Labute approximate surface area is 117 Å². The van der Waals surface area contributed by atoms with Gasteiger partial charge >= 0.3 is 0 Å². The molecule has 0 aliphatic heterocycles. The number of nitrogens with one attached hydrogen (secondary N) is 2. The molecule has 3 rings (SSSR count). The molecule has 0 aromatic carbocycles. The van der Waals surface area contributed by atoms with Crippen molar-refractivity contribution in [3.8, 4) is 0 Å². The smallest absolute Gasteiger partial charge is 0.226 e. The zero-order valence-corrected chi connectivity index (χ0v) is 12.3. The van der Waals surface area contributed by atoms with Crippen molar-refractivity contribution in [1.82, 2.24) is 20.2 Å². The van der Waals surface area contributed by atoms with E-state index in [-0.39, 0.29) is 5.28 Å². The molecule has 2 heterocycles. The molecule has 1 saturated carbocycles. The van der Waals surface area contributed by atoms with Crippen LogP contribution in [-0.2, 0) is 0 Å². The summed E-state index contributed by atoms with van der Waals surface area (Å²) in [6.07, 6.45) is 1.72. The largest absolute Gasteiger partial charge is 0.369 e. The summed E-state index contributed by atoms with van der Waals surface area (Å²) >= 11 is 5.91. The average Bonchev–Trinajstić information content (AvgIpc) is 2.70. The second-order valence-electron chi connectivity index (χ2n) is 6.35. The number of aromatic amines is 1. The Morgan fingerprint density at radius 2 is 1.95 bits per heavy atom. The third-order valence-electron chi connectivity index (χ3n) is 5.08. The highest BCUT2D eigenvalue weighted by molar-refractivity contribution is 6.28. The van der Waals surface area contributed by atoms with Gasteiger partial charge in [0, 0.05) is 6.54 Å². The van der Waals surface area contributed by atoms with E-state index >= 15 is 0 Å². The van der Waals surface area contributed by atoms with Crippen molar-refractivity contribution in [2.45, 2.75) is 27.7 Å². The lowest BCUT2D eigenvalue weighted by Crippen LogP contribution is -2.10. The number of anilines is 1. The molecule has 0 atom stereocenters. The predicted octanol–water partition coefficient (Wildman–Crippen LogP) is 3.10. The molecule has 0 amide bonds. The molecule has 0 unspecified atom stereocenters. The zero-order chi connectivity index (χ0) is 13.8. The molecule has 1 fully saturated rings. The molecule has 102 valence electrons. The van der Waals surface area contributed by atoms with Gasteiger partial charge in [-0.25, -0.2) is 0 Å². The van der Waals surface area contributed by atoms with Gasteiger partial charge in [-0.3, -0.25) is 5.10 Å². The van der Waals surface area contributed by atoms with Crippen LogP contribution in [0.5, 0.6) is 0 Å². The van der Waals surface area contributed by atoms with Crippen LogP contribution in [0.3, 0.4) is 0 Å². The normalized spacial score (nSPS) is 20.7. The van der Waals surface area contributed by atoms with Crippen molar-refractivity contribution in [2.75, 3.05) is 11.9 Å². The topological polar surface area (TPSA) is 66.5 Å². The van der Waals surface area contributed by atoms with Gasteiger partial charge in [-0.15, -0.1) is 0 Å². The predicted molar refractivity (Wildman–Crippen MR) is 76.2 cm³/mol. The van der Waals surface area contributed by atoms with Crippen LogP contribution in [0.2, 0.25) is 5.28 Å². The van der Waals surface area contributed by atoms with Gasteiger partial charge in [-0.05, 0) is 28.3 Å². The molecule has 19 heavy (non-hydrogen) atoms. The third kappa shape index (κ3) is 1.79. The van der Waals surface area contributed by atoms with Crippen molar-refractivity contribution in [2.24, 2.45) is 16.7 Å². The Kier molecular flexibility index (Phi) is 2.55. The first-order valence-corrected chi connectivity index (χ1v) is 6.82. The summed E-state index contributed by atoms with van der Waals surface area (Å²) < 4.78 is 0. The van der Waals surface area contributed by atoms with Crippen molar-refractivity contribution in [1.29, 1.82) is 0 Å². The van der Waals surface area contributed by atoms with E-state index in [9.17, 15) is 0 Å². The van der Waals surface area contributed by atoms with Crippen LogP contribution in [0.4, 0.5) is 5.82 Å². The zero-order valence-electron chi connectivity index (χ0n) is 11.6. The lowest BCUT2D eigenvalue weighted by molar-refractivity contribution is 0.457. The second kappa shape index (κ2) is 3.82. The number of rotatable bonds is 3. The summed E-state index contributed by atoms with van der Waals surface area (Å²) in [5.74, 6) is 1.37. The molecular formula is C13H18ClN5. The van der Waals surface area contributed by atoms with Gasteiger partial charge in [0.25, 0.3) is 0 Å². The van der Waals surface area contributed by atoms with E-state index < -0.39 is 0 Å². The molecular weight excluding hydrogens is 262 g/mol. The Hall–Kier alpha value is -1.36. The SMILES string of the molecule is CC1(C)C(CNc2nc(Cl)nc3[nH]ncc23)C1(C)C. The fourth-order valence-electron chi connectivity index (χ4n) is 2.98. The molecule has 1 aliphatic carbocycles. The van der Waals surface area contributed by atoms with E-state index in [1.54, 1.807) is 6.20 Å². The maximum absolute atomic E-state index is 5.91. The number of fused-ring (bicyclic) bond motifs is 1. The molecule has 0 saturated heterocycles. The van der Waals surface area contributed by atoms with E-state index in [4.69, 9.17) is 11.6 Å². The van der Waals surface area contributed by atoms with E-state index in [1.807, 2.05) is 0 Å². The van der Waals surface area contributed by atoms with Crippen molar-refractivity contribution < 1.29 is 0 Å². The first kappa shape index (κ1) is 12.7. The van der Waals surface area contributed by atoms with Gasteiger partial charge in [0.15, 0.2) is 5.65 Å². The molecule has 1 aliphatic rings. The highest BCUT2D eigenvalue weighted by atomic mass is 35.5. The Balaban J connectivity index is 1.82. The van der Waals surface area contributed by atoms with Crippen LogP contribution in [0.25, 0.3) is 11.0 Å². The summed E-state index contributed by atoms with van der Waals surface area (Å²) in [6.45, 7) is 10.1. The van der Waals surface area contributed by atoms with Gasteiger partial charge in [0.2, 0.25) is 5.28 Å². The molecule has 6 heteroatoms. The van der Waals surface area contributed by atoms with E-state index in [0.29, 0.717) is 22.4 Å². The van der Waals surface area contributed by atoms with Crippen molar-refractivity contribution in [3.05, 3.63) is 11.5 Å². The second-order valence-corrected chi connectivity index (χ2v) is 6.69. The fourth-order valence-corrected chi connectivity index (χ4v) is 3.15. The molecule has 0 spiro atoms. The number of halogens is 1. The van der Waals surface area contributed by atoms with Gasteiger partial charge in [0.05, 0.1) is 11.6 Å². The maximum Gasteiger partial charge on any atom is 0.226 e. The number of nitrogens with zero attached hydrogens (tertiary/aromatic N) is 3. The van der Waals surface area contributed by atoms with Gasteiger partial charge in [0.1, 0.15) is 5.82 Å². The average molecular weight is 280 g/mol. The lowest BCUT2D eigenvalue weighted by atomic mass is 10.0. The highest BCUT2D eigenvalue weighted by Crippen LogP contribution is 2.68. The molecule has 2 aromatic heterocycles. The van der Waals surface area contributed by atoms with Gasteiger partial charge in [-0.2, -0.15) is 15.1 Å². The third-order valence-corrected chi connectivity index (χ3v) is 5.24. The fraction of sp³-hybridized carbons (Fsp3) is 0.615. The van der Waals surface area contributed by atoms with Crippen LogP contribution in [0.15, 0.2) is 6.20 Å². The van der Waals surface area contributed by atoms with Crippen LogP contribution in [0, 0.1) is 16.7 Å². The minimum Gasteiger partial charge on any atom is -0.369 e. The van der Waals surface area contributed by atoms with Crippen LogP contribution >= 0.6 is 11.6 Å². The number of aromatic nitrogens is 4. The number of hydrogen-bond acceptors (Lipinski definition) is 4. The summed E-state index contributed by atoms with van der Waals surface area (Å²) in [4.78, 5) is 8.34. The molecule has 2 N–H and O–H groups in total. The summed E-state index contributed by atoms with van der Waals surface area (Å²) in [6, 6.07) is 0. The Morgan fingerprint density at radius 3 is 2.58 bits per heavy atom. The van der Waals surface area contributed by atoms with Crippen LogP contribution in [0.1, 0.15) is 27.7 Å². The minimum absolute atomic E-state index is 0.230. The summed E-state index contributed by atoms with van der Waals surface area (Å²) in [5, 5.41) is 11.3. The van der Waals surface area contributed by atoms with Crippen molar-refractivity contribution in [3.63, 3.8) is 0 Å².